The molecule has 0 spiro atoms. The van der Waals surface area contributed by atoms with Crippen molar-refractivity contribution in [3.05, 3.63) is 64.0 Å². The van der Waals surface area contributed by atoms with Crippen LogP contribution in [0.2, 0.25) is 0 Å². The summed E-state index contributed by atoms with van der Waals surface area (Å²) in [6.07, 6.45) is 3.11. The van der Waals surface area contributed by atoms with Gasteiger partial charge in [0.15, 0.2) is 0 Å². The Kier molecular flexibility index (Phi) is 6.90. The molecule has 5 nitrogen and oxygen atoms in total. The van der Waals surface area contributed by atoms with E-state index >= 15 is 0 Å². The molecule has 2 aromatic carbocycles. The monoisotopic (exact) mass is 438 g/mol. The largest absolute Gasteiger partial charge is 0.494 e. The van der Waals surface area contributed by atoms with E-state index in [9.17, 15) is 4.79 Å². The minimum atomic E-state index is -0.327. The molecule has 2 N–H and O–H groups in total. The van der Waals surface area contributed by atoms with Crippen molar-refractivity contribution in [2.24, 2.45) is 5.73 Å². The van der Waals surface area contributed by atoms with Crippen LogP contribution in [-0.4, -0.2) is 37.1 Å². The Morgan fingerprint density at radius 1 is 1.26 bits per heavy atom. The highest BCUT2D eigenvalue weighted by atomic mass is 32.1. The first-order chi connectivity index (χ1) is 15.1. The van der Waals surface area contributed by atoms with Crippen LogP contribution in [0.1, 0.15) is 46.1 Å². The Morgan fingerprint density at radius 3 is 2.87 bits per heavy atom. The summed E-state index contributed by atoms with van der Waals surface area (Å²) >= 11 is 1.51. The van der Waals surface area contributed by atoms with Crippen molar-refractivity contribution in [2.45, 2.75) is 45.4 Å². The zero-order chi connectivity index (χ0) is 21.8. The van der Waals surface area contributed by atoms with Crippen LogP contribution < -0.4 is 10.5 Å². The number of nitrogens with two attached hydrogens (primary N) is 1. The number of hydrogen-bond donors (Lipinski definition) is 1. The minimum absolute atomic E-state index is 0.327. The van der Waals surface area contributed by atoms with Gasteiger partial charge in [0, 0.05) is 30.0 Å². The van der Waals surface area contributed by atoms with Gasteiger partial charge in [-0.05, 0) is 67.4 Å². The summed E-state index contributed by atoms with van der Waals surface area (Å²) in [4.78, 5) is 15.4. The van der Waals surface area contributed by atoms with E-state index in [1.54, 1.807) is 7.11 Å². The van der Waals surface area contributed by atoms with E-state index < -0.39 is 0 Å². The lowest BCUT2D eigenvalue weighted by Gasteiger charge is -2.26. The summed E-state index contributed by atoms with van der Waals surface area (Å²) in [6.45, 7) is 5.11. The lowest BCUT2D eigenvalue weighted by atomic mass is 10.00. The number of primary amides is 1. The Labute approximate surface area is 187 Å². The Hall–Kier alpha value is -2.41. The molecule has 3 aromatic rings. The normalized spacial score (nSPS) is 16.8. The van der Waals surface area contributed by atoms with Crippen molar-refractivity contribution in [3.63, 3.8) is 0 Å². The molecule has 1 aliphatic heterocycles. The number of amides is 1. The van der Waals surface area contributed by atoms with Gasteiger partial charge in [-0.1, -0.05) is 24.3 Å². The molecule has 0 saturated carbocycles. The SMILES string of the molecule is CCOc1ccc(COC)cc1CN1CCCC1Cc1c(C(N)=O)sc2ccccc12. The molecule has 1 amide bonds. The number of thiophene rings is 1. The molecule has 2 heterocycles. The first-order valence-corrected chi connectivity index (χ1v) is 11.7. The first kappa shape index (κ1) is 21.8. The predicted molar refractivity (Wildman–Crippen MR) is 126 cm³/mol. The van der Waals surface area contributed by atoms with Crippen LogP contribution in [-0.2, 0) is 24.3 Å². The summed E-state index contributed by atoms with van der Waals surface area (Å²) in [5.74, 6) is 0.610. The number of likely N-dealkylation sites (tertiary alicyclic amines) is 1. The molecule has 1 aromatic heterocycles. The zero-order valence-electron chi connectivity index (χ0n) is 18.2. The highest BCUT2D eigenvalue weighted by molar-refractivity contribution is 7.21. The van der Waals surface area contributed by atoms with Gasteiger partial charge in [-0.3, -0.25) is 9.69 Å². The van der Waals surface area contributed by atoms with Crippen molar-refractivity contribution >= 4 is 27.3 Å². The number of carbonyl (C=O) groups excluding carboxylic acids is 1. The standard InChI is InChI=1S/C25H30N2O3S/c1-3-30-22-11-10-17(16-29-2)13-18(22)15-27-12-6-7-19(27)14-21-20-8-4-5-9-23(20)31-24(21)25(26)28/h4-5,8-11,13,19H,3,6-7,12,14-16H2,1-2H3,(H2,26,28). The molecule has 164 valence electrons. The number of fused-ring (bicyclic) bond motifs is 1. The smallest absolute Gasteiger partial charge is 0.259 e. The van der Waals surface area contributed by atoms with Gasteiger partial charge >= 0.3 is 0 Å². The van der Waals surface area contributed by atoms with E-state index in [2.05, 4.69) is 35.2 Å². The molecular formula is C25H30N2O3S. The van der Waals surface area contributed by atoms with Crippen LogP contribution in [0.25, 0.3) is 10.1 Å². The number of nitrogens with zero attached hydrogens (tertiary/aromatic N) is 1. The number of hydrogen-bond acceptors (Lipinski definition) is 5. The molecule has 1 aliphatic rings. The lowest BCUT2D eigenvalue weighted by Crippen LogP contribution is -2.31. The summed E-state index contributed by atoms with van der Waals surface area (Å²) in [5.41, 5.74) is 9.18. The first-order valence-electron chi connectivity index (χ1n) is 10.9. The molecule has 1 atom stereocenters. The fourth-order valence-corrected chi connectivity index (χ4v) is 5.68. The average molecular weight is 439 g/mol. The molecule has 4 rings (SSSR count). The van der Waals surface area contributed by atoms with Crippen LogP contribution in [0.5, 0.6) is 5.75 Å². The van der Waals surface area contributed by atoms with Gasteiger partial charge in [0.25, 0.3) is 5.91 Å². The maximum atomic E-state index is 12.1. The quantitative estimate of drug-likeness (QED) is 0.523. The minimum Gasteiger partial charge on any atom is -0.494 e. The summed E-state index contributed by atoms with van der Waals surface area (Å²) in [7, 11) is 1.72. The summed E-state index contributed by atoms with van der Waals surface area (Å²) in [6, 6.07) is 14.9. The second-order valence-electron chi connectivity index (χ2n) is 8.05. The third-order valence-electron chi connectivity index (χ3n) is 5.97. The van der Waals surface area contributed by atoms with Gasteiger partial charge in [0.2, 0.25) is 0 Å². The van der Waals surface area contributed by atoms with E-state index in [-0.39, 0.29) is 5.91 Å². The summed E-state index contributed by atoms with van der Waals surface area (Å²) in [5, 5.41) is 1.16. The second-order valence-corrected chi connectivity index (χ2v) is 9.10. The van der Waals surface area contributed by atoms with E-state index in [0.29, 0.717) is 24.1 Å². The molecule has 31 heavy (non-hydrogen) atoms. The van der Waals surface area contributed by atoms with Gasteiger partial charge in [0.1, 0.15) is 5.75 Å². The fraction of sp³-hybridized carbons (Fsp3) is 0.400. The molecule has 1 fully saturated rings. The van der Waals surface area contributed by atoms with Crippen molar-refractivity contribution in [1.82, 2.24) is 4.90 Å². The molecule has 1 saturated heterocycles. The van der Waals surface area contributed by atoms with E-state index in [0.717, 1.165) is 59.3 Å². The molecular weight excluding hydrogens is 408 g/mol. The van der Waals surface area contributed by atoms with Crippen LogP contribution in [0, 0.1) is 0 Å². The second kappa shape index (κ2) is 9.81. The topological polar surface area (TPSA) is 64.8 Å². The molecule has 6 heteroatoms. The highest BCUT2D eigenvalue weighted by Crippen LogP contribution is 2.35. The maximum Gasteiger partial charge on any atom is 0.259 e. The van der Waals surface area contributed by atoms with Gasteiger partial charge < -0.3 is 15.2 Å². The Morgan fingerprint density at radius 2 is 2.10 bits per heavy atom. The molecule has 0 radical (unpaired) electrons. The zero-order valence-corrected chi connectivity index (χ0v) is 19.0. The van der Waals surface area contributed by atoms with Crippen molar-refractivity contribution in [3.8, 4) is 5.75 Å². The summed E-state index contributed by atoms with van der Waals surface area (Å²) < 4.78 is 12.4. The number of methoxy groups -OCH3 is 1. The molecule has 0 bridgehead atoms. The lowest BCUT2D eigenvalue weighted by molar-refractivity contribution is 0.100. The number of rotatable bonds is 9. The number of carbonyl (C=O) groups is 1. The average Bonchev–Trinajstić information content (AvgIpc) is 3.35. The third kappa shape index (κ3) is 4.76. The van der Waals surface area contributed by atoms with Crippen molar-refractivity contribution in [2.75, 3.05) is 20.3 Å². The van der Waals surface area contributed by atoms with Crippen LogP contribution >= 0.6 is 11.3 Å². The van der Waals surface area contributed by atoms with Gasteiger partial charge in [-0.2, -0.15) is 0 Å². The Bertz CT molecular complexity index is 1060. The van der Waals surface area contributed by atoms with Gasteiger partial charge in [-0.15, -0.1) is 11.3 Å². The van der Waals surface area contributed by atoms with Gasteiger partial charge in [0.05, 0.1) is 18.1 Å². The Balaban J connectivity index is 1.60. The van der Waals surface area contributed by atoms with Crippen LogP contribution in [0.15, 0.2) is 42.5 Å². The third-order valence-corrected chi connectivity index (χ3v) is 7.20. The van der Waals surface area contributed by atoms with Crippen molar-refractivity contribution in [1.29, 1.82) is 0 Å². The van der Waals surface area contributed by atoms with E-state index in [1.807, 2.05) is 19.1 Å². The van der Waals surface area contributed by atoms with E-state index in [4.69, 9.17) is 15.2 Å². The van der Waals surface area contributed by atoms with Gasteiger partial charge in [-0.25, -0.2) is 0 Å². The fourth-order valence-electron chi connectivity index (χ4n) is 4.60. The van der Waals surface area contributed by atoms with Crippen molar-refractivity contribution < 1.29 is 14.3 Å². The number of benzene rings is 2. The number of ether oxygens (including phenoxy) is 2. The molecule has 1 unspecified atom stereocenters. The molecule has 0 aliphatic carbocycles. The van der Waals surface area contributed by atoms with Crippen LogP contribution in [0.4, 0.5) is 0 Å². The predicted octanol–water partition coefficient (Wildman–Crippen LogP) is 4.75. The maximum absolute atomic E-state index is 12.1. The van der Waals surface area contributed by atoms with Crippen LogP contribution in [0.3, 0.4) is 0 Å². The van der Waals surface area contributed by atoms with E-state index in [1.165, 1.54) is 16.9 Å². The highest BCUT2D eigenvalue weighted by Gasteiger charge is 2.28.